The van der Waals surface area contributed by atoms with Crippen LogP contribution in [-0.2, 0) is 10.0 Å². The topological polar surface area (TPSA) is 123 Å². The van der Waals surface area contributed by atoms with Gasteiger partial charge in [-0.3, -0.25) is 9.30 Å². The minimum atomic E-state index is -3.36. The van der Waals surface area contributed by atoms with E-state index in [4.69, 9.17) is 0 Å². The summed E-state index contributed by atoms with van der Waals surface area (Å²) in [7, 11) is -1.89. The molecule has 146 valence electrons. The van der Waals surface area contributed by atoms with Crippen LogP contribution < -0.4 is 4.31 Å². The molecule has 0 amide bonds. The van der Waals surface area contributed by atoms with Crippen molar-refractivity contribution >= 4 is 44.0 Å². The minimum Gasteiger partial charge on any atom is -0.494 e. The molecule has 0 unspecified atom stereocenters. The number of rotatable bonds is 5. The van der Waals surface area contributed by atoms with E-state index in [0.717, 1.165) is 10.6 Å². The van der Waals surface area contributed by atoms with E-state index in [0.29, 0.717) is 33.6 Å². The number of hydrogen-bond donors (Lipinski definition) is 3. The first-order chi connectivity index (χ1) is 13.1. The highest BCUT2D eigenvalue weighted by molar-refractivity contribution is 7.92. The molecule has 0 saturated heterocycles. The van der Waals surface area contributed by atoms with E-state index < -0.39 is 16.0 Å². The van der Waals surface area contributed by atoms with Crippen molar-refractivity contribution in [2.24, 2.45) is 4.99 Å². The second kappa shape index (κ2) is 7.01. The highest BCUT2D eigenvalue weighted by Gasteiger charge is 2.16. The van der Waals surface area contributed by atoms with Crippen LogP contribution in [0, 0.1) is 0 Å². The highest BCUT2D eigenvalue weighted by Crippen LogP contribution is 2.30. The third-order valence-electron chi connectivity index (χ3n) is 4.40. The Morgan fingerprint density at radius 1 is 1.14 bits per heavy atom. The number of H-pyrrole nitrogens is 1. The lowest BCUT2D eigenvalue weighted by Gasteiger charge is -2.16. The molecule has 28 heavy (non-hydrogen) atoms. The molecule has 3 rings (SSSR count). The fourth-order valence-electron chi connectivity index (χ4n) is 2.86. The van der Waals surface area contributed by atoms with Crippen molar-refractivity contribution < 1.29 is 23.4 Å². The van der Waals surface area contributed by atoms with Crippen molar-refractivity contribution in [2.45, 2.75) is 6.92 Å². The number of anilines is 1. The van der Waals surface area contributed by atoms with E-state index in [1.54, 1.807) is 37.3 Å². The first-order valence-electron chi connectivity index (χ1n) is 8.25. The molecule has 0 spiro atoms. The molecule has 1 heterocycles. The van der Waals surface area contributed by atoms with Gasteiger partial charge >= 0.3 is 5.97 Å². The number of benzene rings is 2. The number of fused-ring (bicyclic) bond motifs is 1. The summed E-state index contributed by atoms with van der Waals surface area (Å²) in [5, 5.41) is 20.0. The molecule has 0 radical (unpaired) electrons. The molecule has 9 heteroatoms. The average molecular weight is 401 g/mol. The van der Waals surface area contributed by atoms with Crippen molar-refractivity contribution in [2.75, 3.05) is 17.6 Å². The first kappa shape index (κ1) is 19.4. The van der Waals surface area contributed by atoms with Gasteiger partial charge in [-0.1, -0.05) is 0 Å². The molecule has 0 aliphatic rings. The van der Waals surface area contributed by atoms with Crippen LogP contribution in [0.25, 0.3) is 10.9 Å². The van der Waals surface area contributed by atoms with Crippen molar-refractivity contribution in [1.29, 1.82) is 0 Å². The number of hydrogen-bond acceptors (Lipinski definition) is 5. The van der Waals surface area contributed by atoms with Gasteiger partial charge in [0, 0.05) is 18.0 Å². The van der Waals surface area contributed by atoms with Gasteiger partial charge in [-0.15, -0.1) is 0 Å². The summed E-state index contributed by atoms with van der Waals surface area (Å²) in [5.74, 6) is -1.17. The number of aromatic carboxylic acids is 1. The fraction of sp³-hybridized carbons (Fsp3) is 0.158. The maximum atomic E-state index is 11.6. The molecule has 0 atom stereocenters. The van der Waals surface area contributed by atoms with Crippen molar-refractivity contribution in [3.8, 4) is 5.88 Å². The van der Waals surface area contributed by atoms with Crippen LogP contribution in [0.15, 0.2) is 47.5 Å². The van der Waals surface area contributed by atoms with Crippen LogP contribution >= 0.6 is 0 Å². The number of sulfonamides is 1. The summed E-state index contributed by atoms with van der Waals surface area (Å²) in [6, 6.07) is 11.1. The number of aromatic nitrogens is 1. The van der Waals surface area contributed by atoms with Crippen molar-refractivity contribution in [3.05, 3.63) is 53.6 Å². The van der Waals surface area contributed by atoms with Crippen LogP contribution in [0.5, 0.6) is 5.88 Å². The van der Waals surface area contributed by atoms with E-state index in [9.17, 15) is 23.4 Å². The molecule has 3 N–H and O–H groups in total. The maximum absolute atomic E-state index is 11.6. The number of carboxylic acids is 1. The summed E-state index contributed by atoms with van der Waals surface area (Å²) in [6.07, 6.45) is 1.12. The lowest BCUT2D eigenvalue weighted by Crippen LogP contribution is -2.24. The smallest absolute Gasteiger partial charge is 0.335 e. The number of carboxylic acid groups (broad SMARTS) is 1. The summed E-state index contributed by atoms with van der Waals surface area (Å²) >= 11 is 0. The Labute approximate surface area is 161 Å². The summed E-state index contributed by atoms with van der Waals surface area (Å²) < 4.78 is 24.4. The number of aliphatic imine (C=N–C) groups is 1. The molecular weight excluding hydrogens is 382 g/mol. The van der Waals surface area contributed by atoms with Gasteiger partial charge in [-0.25, -0.2) is 13.2 Å². The molecule has 0 bridgehead atoms. The number of nitrogens with one attached hydrogen (secondary N) is 1. The SMILES string of the molecule is CC(=Nc1ccc(N(C)S(C)(=O)=O)cc1)c1c(O)[nH]c2ccc(C(=O)O)cc12. The number of carbonyl (C=O) groups is 1. The van der Waals surface area contributed by atoms with Gasteiger partial charge in [0.2, 0.25) is 10.0 Å². The molecular formula is C19H19N3O5S. The normalized spacial score (nSPS) is 12.3. The Bertz CT molecular complexity index is 1190. The quantitative estimate of drug-likeness (QED) is 0.567. The minimum absolute atomic E-state index is 0.104. The van der Waals surface area contributed by atoms with Gasteiger partial charge < -0.3 is 15.2 Å². The Kier molecular flexibility index (Phi) is 4.86. The molecule has 0 aliphatic heterocycles. The lowest BCUT2D eigenvalue weighted by molar-refractivity contribution is 0.0697. The number of aromatic hydroxyl groups is 1. The third-order valence-corrected chi connectivity index (χ3v) is 5.60. The molecule has 2 aromatic carbocycles. The predicted octanol–water partition coefficient (Wildman–Crippen LogP) is 3.11. The van der Waals surface area contributed by atoms with E-state index in [2.05, 4.69) is 9.98 Å². The molecule has 0 fully saturated rings. The zero-order chi connectivity index (χ0) is 20.6. The number of nitrogens with zero attached hydrogens (tertiary/aromatic N) is 2. The van der Waals surface area contributed by atoms with Gasteiger partial charge in [0.1, 0.15) is 0 Å². The lowest BCUT2D eigenvalue weighted by atomic mass is 10.1. The van der Waals surface area contributed by atoms with Gasteiger partial charge in [0.25, 0.3) is 0 Å². The Morgan fingerprint density at radius 3 is 2.36 bits per heavy atom. The Balaban J connectivity index is 2.01. The largest absolute Gasteiger partial charge is 0.494 e. The van der Waals surface area contributed by atoms with E-state index >= 15 is 0 Å². The monoisotopic (exact) mass is 401 g/mol. The summed E-state index contributed by atoms with van der Waals surface area (Å²) in [4.78, 5) is 18.5. The molecule has 0 saturated carbocycles. The van der Waals surface area contributed by atoms with E-state index in [1.807, 2.05) is 0 Å². The van der Waals surface area contributed by atoms with Gasteiger partial charge in [-0.05, 0) is 49.4 Å². The van der Waals surface area contributed by atoms with Crippen LogP contribution in [0.4, 0.5) is 11.4 Å². The van der Waals surface area contributed by atoms with Crippen LogP contribution in [-0.4, -0.2) is 48.6 Å². The van der Waals surface area contributed by atoms with Crippen molar-refractivity contribution in [1.82, 2.24) is 4.98 Å². The third kappa shape index (κ3) is 3.70. The van der Waals surface area contributed by atoms with Gasteiger partial charge in [-0.2, -0.15) is 0 Å². The van der Waals surface area contributed by atoms with Crippen molar-refractivity contribution in [3.63, 3.8) is 0 Å². The van der Waals surface area contributed by atoms with E-state index in [1.165, 1.54) is 19.2 Å². The molecule has 3 aromatic rings. The summed E-state index contributed by atoms with van der Waals surface area (Å²) in [6.45, 7) is 1.70. The Hall–Kier alpha value is -3.33. The van der Waals surface area contributed by atoms with Crippen LogP contribution in [0.2, 0.25) is 0 Å². The standard InChI is InChI=1S/C19H19N3O5S/c1-11(20-13-5-7-14(8-6-13)22(2)28(3,26)27)17-15-10-12(19(24)25)4-9-16(15)21-18(17)23/h4-10,21,23H,1-3H3,(H,24,25). The van der Waals surface area contributed by atoms with Gasteiger partial charge in [0.15, 0.2) is 5.88 Å². The predicted molar refractivity (Wildman–Crippen MR) is 108 cm³/mol. The van der Waals surface area contributed by atoms with Gasteiger partial charge in [0.05, 0.1) is 34.5 Å². The van der Waals surface area contributed by atoms with Crippen LogP contribution in [0.3, 0.4) is 0 Å². The zero-order valence-corrected chi connectivity index (χ0v) is 16.3. The number of aromatic amines is 1. The molecule has 1 aromatic heterocycles. The average Bonchev–Trinajstić information content (AvgIpc) is 2.95. The molecule has 8 nitrogen and oxygen atoms in total. The van der Waals surface area contributed by atoms with Crippen LogP contribution in [0.1, 0.15) is 22.8 Å². The zero-order valence-electron chi connectivity index (χ0n) is 15.5. The second-order valence-corrected chi connectivity index (χ2v) is 8.37. The highest BCUT2D eigenvalue weighted by atomic mass is 32.2. The first-order valence-corrected chi connectivity index (χ1v) is 10.1. The fourth-order valence-corrected chi connectivity index (χ4v) is 3.36. The maximum Gasteiger partial charge on any atom is 0.335 e. The Morgan fingerprint density at radius 2 is 1.79 bits per heavy atom. The summed E-state index contributed by atoms with van der Waals surface area (Å²) in [5.41, 5.74) is 2.66. The second-order valence-electron chi connectivity index (χ2n) is 6.36. The van der Waals surface area contributed by atoms with E-state index in [-0.39, 0.29) is 11.4 Å². The molecule has 0 aliphatic carbocycles.